The molecule has 8 aliphatic rings. The minimum atomic E-state index is -0.973. The van der Waals surface area contributed by atoms with Gasteiger partial charge in [-0.3, -0.25) is 4.79 Å². The average Bonchev–Trinajstić information content (AvgIpc) is 3.16. The average molecular weight is 493 g/mol. The molecule has 2 bridgehead atoms. The Morgan fingerprint density at radius 3 is 2.61 bits per heavy atom. The highest BCUT2D eigenvalue weighted by atomic mass is 16.6. The van der Waals surface area contributed by atoms with E-state index in [0.717, 1.165) is 36.8 Å². The van der Waals surface area contributed by atoms with E-state index in [1.807, 2.05) is 6.92 Å². The first-order valence-corrected chi connectivity index (χ1v) is 13.9. The molecule has 5 fully saturated rings. The van der Waals surface area contributed by atoms with Crippen molar-refractivity contribution < 1.29 is 28.9 Å². The summed E-state index contributed by atoms with van der Waals surface area (Å²) in [7, 11) is 0. The van der Waals surface area contributed by atoms with Gasteiger partial charge < -0.3 is 19.3 Å². The van der Waals surface area contributed by atoms with Gasteiger partial charge in [-0.15, -0.1) is 0 Å². The van der Waals surface area contributed by atoms with Crippen LogP contribution in [0.2, 0.25) is 0 Å². The van der Waals surface area contributed by atoms with Gasteiger partial charge in [0.05, 0.1) is 16.6 Å². The second-order valence-electron chi connectivity index (χ2n) is 13.9. The van der Waals surface area contributed by atoms with Crippen LogP contribution in [0.4, 0.5) is 0 Å². The number of carbonyl (C=O) groups excluding carboxylic acids is 2. The van der Waals surface area contributed by atoms with Gasteiger partial charge in [0, 0.05) is 28.7 Å². The van der Waals surface area contributed by atoms with Crippen LogP contribution in [-0.2, 0) is 23.8 Å². The van der Waals surface area contributed by atoms with Crippen molar-refractivity contribution in [2.45, 2.75) is 102 Å². The number of ether oxygens (including phenoxy) is 3. The standard InChI is InChI=1S/C30H36O6/c1-14-6-11-30-19(14)23-18(8-10-28(30,5)36-30)29(25(32)35-23)13-16-12-26(29,3)21-20(16)27(4,33)9-7-17-15(2)24(31)34-22(17)21/h6,16-19,22-23,33H,2,7-13H2,1,3-5H3/t16-,17-,18+,19+,22-,23-,26+,27-,28+,29-,30-/m0/s1. The summed E-state index contributed by atoms with van der Waals surface area (Å²) in [6.07, 6.45) is 7.12. The summed E-state index contributed by atoms with van der Waals surface area (Å²) in [5.74, 6) is -0.288. The van der Waals surface area contributed by atoms with E-state index in [1.165, 1.54) is 5.57 Å². The Morgan fingerprint density at radius 1 is 1.06 bits per heavy atom. The summed E-state index contributed by atoms with van der Waals surface area (Å²) in [4.78, 5) is 26.9. The molecule has 0 aromatic heterocycles. The van der Waals surface area contributed by atoms with Gasteiger partial charge in [-0.2, -0.15) is 0 Å². The van der Waals surface area contributed by atoms with Gasteiger partial charge in [-0.1, -0.05) is 25.2 Å². The molecule has 6 heteroatoms. The lowest BCUT2D eigenvalue weighted by Crippen LogP contribution is -2.51. The first kappa shape index (κ1) is 22.1. The smallest absolute Gasteiger partial charge is 0.334 e. The fourth-order valence-corrected chi connectivity index (χ4v) is 10.9. The van der Waals surface area contributed by atoms with Crippen LogP contribution in [0.15, 0.2) is 34.9 Å². The third-order valence-corrected chi connectivity index (χ3v) is 12.5. The number of esters is 2. The van der Waals surface area contributed by atoms with Crippen molar-refractivity contribution in [3.05, 3.63) is 34.9 Å². The molecule has 8 rings (SSSR count). The fourth-order valence-electron chi connectivity index (χ4n) is 10.9. The van der Waals surface area contributed by atoms with Crippen LogP contribution in [0, 0.1) is 34.5 Å². The number of hydrogen-bond donors (Lipinski definition) is 1. The van der Waals surface area contributed by atoms with Crippen molar-refractivity contribution in [3.8, 4) is 0 Å². The largest absolute Gasteiger partial charge is 0.461 e. The van der Waals surface area contributed by atoms with Gasteiger partial charge in [-0.25, -0.2) is 4.79 Å². The molecule has 0 amide bonds. The van der Waals surface area contributed by atoms with Crippen LogP contribution in [0.5, 0.6) is 0 Å². The zero-order chi connectivity index (χ0) is 25.2. The molecule has 36 heavy (non-hydrogen) atoms. The lowest BCUT2D eigenvalue weighted by molar-refractivity contribution is -0.154. The molecule has 0 radical (unpaired) electrons. The number of rotatable bonds is 0. The molecule has 5 aliphatic carbocycles. The summed E-state index contributed by atoms with van der Waals surface area (Å²) in [6.45, 7) is 12.6. The van der Waals surface area contributed by atoms with Crippen molar-refractivity contribution in [1.29, 1.82) is 0 Å². The van der Waals surface area contributed by atoms with Crippen molar-refractivity contribution in [3.63, 3.8) is 0 Å². The molecule has 3 aliphatic heterocycles. The van der Waals surface area contributed by atoms with Crippen molar-refractivity contribution in [2.75, 3.05) is 0 Å². The van der Waals surface area contributed by atoms with E-state index in [1.54, 1.807) is 0 Å². The topological polar surface area (TPSA) is 85.4 Å². The van der Waals surface area contributed by atoms with Crippen LogP contribution in [0.1, 0.15) is 72.6 Å². The minimum absolute atomic E-state index is 0.0811. The highest BCUT2D eigenvalue weighted by molar-refractivity contribution is 5.92. The summed E-state index contributed by atoms with van der Waals surface area (Å²) in [5.41, 5.74) is 1.27. The van der Waals surface area contributed by atoms with E-state index in [-0.39, 0.29) is 52.9 Å². The Labute approximate surface area is 212 Å². The van der Waals surface area contributed by atoms with Crippen molar-refractivity contribution in [1.82, 2.24) is 0 Å². The monoisotopic (exact) mass is 492 g/mol. The minimum Gasteiger partial charge on any atom is -0.461 e. The lowest BCUT2D eigenvalue weighted by Gasteiger charge is -2.48. The number of epoxide rings is 1. The Bertz CT molecular complexity index is 1240. The fraction of sp³-hybridized carbons (Fsp3) is 0.733. The highest BCUT2D eigenvalue weighted by Gasteiger charge is 2.82. The van der Waals surface area contributed by atoms with Gasteiger partial charge >= 0.3 is 11.9 Å². The van der Waals surface area contributed by atoms with Gasteiger partial charge in [0.25, 0.3) is 0 Å². The first-order chi connectivity index (χ1) is 16.9. The van der Waals surface area contributed by atoms with Crippen LogP contribution in [0.25, 0.3) is 0 Å². The van der Waals surface area contributed by atoms with E-state index < -0.39 is 22.5 Å². The van der Waals surface area contributed by atoms with Gasteiger partial charge in [0.15, 0.2) is 0 Å². The summed E-state index contributed by atoms with van der Waals surface area (Å²) >= 11 is 0. The van der Waals surface area contributed by atoms with E-state index in [0.29, 0.717) is 24.8 Å². The Kier molecular flexibility index (Phi) is 3.71. The molecule has 0 unspecified atom stereocenters. The molecule has 6 nitrogen and oxygen atoms in total. The van der Waals surface area contributed by atoms with Gasteiger partial charge in [-0.05, 0) is 82.8 Å². The van der Waals surface area contributed by atoms with Crippen LogP contribution < -0.4 is 0 Å². The second kappa shape index (κ2) is 6.04. The molecule has 192 valence electrons. The maximum Gasteiger partial charge on any atom is 0.334 e. The van der Waals surface area contributed by atoms with Crippen molar-refractivity contribution >= 4 is 11.9 Å². The predicted octanol–water partition coefficient (Wildman–Crippen LogP) is 4.17. The van der Waals surface area contributed by atoms with Crippen LogP contribution in [0.3, 0.4) is 0 Å². The zero-order valence-electron chi connectivity index (χ0n) is 21.7. The Morgan fingerprint density at radius 2 is 1.83 bits per heavy atom. The highest BCUT2D eigenvalue weighted by Crippen LogP contribution is 2.78. The van der Waals surface area contributed by atoms with E-state index in [2.05, 4.69) is 33.4 Å². The number of hydrogen-bond acceptors (Lipinski definition) is 6. The molecule has 1 N–H and O–H groups in total. The normalized spacial score (nSPS) is 57.9. The van der Waals surface area contributed by atoms with E-state index in [9.17, 15) is 14.7 Å². The molecule has 3 heterocycles. The van der Waals surface area contributed by atoms with E-state index >= 15 is 0 Å². The zero-order valence-corrected chi connectivity index (χ0v) is 21.7. The molecule has 2 spiro atoms. The number of carbonyl (C=O) groups is 2. The summed E-state index contributed by atoms with van der Waals surface area (Å²) < 4.78 is 19.0. The molecule has 3 saturated heterocycles. The van der Waals surface area contributed by atoms with Crippen LogP contribution >= 0.6 is 0 Å². The Hall–Kier alpha value is -1.92. The number of fused-ring (bicyclic) bond motifs is 10. The van der Waals surface area contributed by atoms with Crippen molar-refractivity contribution in [2.24, 2.45) is 34.5 Å². The van der Waals surface area contributed by atoms with E-state index in [4.69, 9.17) is 14.2 Å². The van der Waals surface area contributed by atoms with Gasteiger partial charge in [0.2, 0.25) is 0 Å². The second-order valence-corrected chi connectivity index (χ2v) is 13.9. The molecule has 0 aromatic rings. The quantitative estimate of drug-likeness (QED) is 0.236. The molecular weight excluding hydrogens is 456 g/mol. The molecule has 0 aromatic carbocycles. The van der Waals surface area contributed by atoms with Crippen LogP contribution in [-0.4, -0.2) is 46.1 Å². The lowest BCUT2D eigenvalue weighted by atomic mass is 9.53. The maximum atomic E-state index is 14.2. The SMILES string of the molecule is C=C1C(=O)O[C@@H]2C3=C([C@H]4C[C@@]3(C)[C@]3(C4)C(=O)O[C@@H]4[C@H]5C(C)=CC[C@]56O[C@]6(C)CC[C@H]43)[C@@](C)(O)CC[C@@H]12. The number of aliphatic hydroxyl groups is 1. The maximum absolute atomic E-state index is 14.2. The third kappa shape index (κ3) is 2.08. The first-order valence-electron chi connectivity index (χ1n) is 13.9. The van der Waals surface area contributed by atoms with Gasteiger partial charge in [0.1, 0.15) is 17.8 Å². The molecular formula is C30H36O6. The third-order valence-electron chi connectivity index (χ3n) is 12.5. The summed E-state index contributed by atoms with van der Waals surface area (Å²) in [5, 5.41) is 11.7. The molecule has 2 saturated carbocycles. The predicted molar refractivity (Wildman–Crippen MR) is 129 cm³/mol. The molecule has 11 atom stereocenters. The Balaban J connectivity index is 1.30. The summed E-state index contributed by atoms with van der Waals surface area (Å²) in [6, 6.07) is 0.